The predicted octanol–water partition coefficient (Wildman–Crippen LogP) is 1.47. The topological polar surface area (TPSA) is 46.3 Å². The van der Waals surface area contributed by atoms with E-state index in [9.17, 15) is 13.6 Å². The molecule has 15 heavy (non-hydrogen) atoms. The number of amides is 1. The number of halogens is 2. The van der Waals surface area contributed by atoms with Crippen molar-refractivity contribution in [2.24, 2.45) is 11.1 Å². The Bertz CT molecular complexity index is 208. The van der Waals surface area contributed by atoms with Gasteiger partial charge in [0.1, 0.15) is 0 Å². The number of carbonyl (C=O) groups excluding carboxylic acids is 1. The van der Waals surface area contributed by atoms with Crippen molar-refractivity contribution in [3.05, 3.63) is 0 Å². The number of hydrogen-bond acceptors (Lipinski definition) is 2. The monoisotopic (exact) mass is 222 g/mol. The Morgan fingerprint density at radius 2 is 2.00 bits per heavy atom. The van der Waals surface area contributed by atoms with Gasteiger partial charge in [-0.2, -0.15) is 8.78 Å². The molecule has 0 fully saturated rings. The summed E-state index contributed by atoms with van der Waals surface area (Å²) < 4.78 is 24.5. The van der Waals surface area contributed by atoms with Crippen LogP contribution < -0.4 is 5.73 Å². The van der Waals surface area contributed by atoms with Crippen LogP contribution in [0.1, 0.15) is 27.2 Å². The van der Waals surface area contributed by atoms with E-state index in [1.54, 1.807) is 0 Å². The van der Waals surface area contributed by atoms with Gasteiger partial charge in [0.15, 0.2) is 0 Å². The molecule has 0 aromatic heterocycles. The smallest absolute Gasteiger partial charge is 0.315 e. The minimum absolute atomic E-state index is 0.278. The maximum Gasteiger partial charge on any atom is 0.315 e. The molecule has 90 valence electrons. The molecule has 3 nitrogen and oxygen atoms in total. The second-order valence-electron chi connectivity index (χ2n) is 4.43. The summed E-state index contributed by atoms with van der Waals surface area (Å²) in [7, 11) is 0. The SMILES string of the molecule is CCCN(CC(C)(C)CN)C(=O)C(F)F. The van der Waals surface area contributed by atoms with Gasteiger partial charge in [0.05, 0.1) is 0 Å². The zero-order valence-corrected chi connectivity index (χ0v) is 9.59. The first kappa shape index (κ1) is 14.3. The third kappa shape index (κ3) is 5.06. The van der Waals surface area contributed by atoms with Crippen LogP contribution in [0.15, 0.2) is 0 Å². The largest absolute Gasteiger partial charge is 0.337 e. The van der Waals surface area contributed by atoms with Gasteiger partial charge < -0.3 is 10.6 Å². The van der Waals surface area contributed by atoms with Gasteiger partial charge in [0.2, 0.25) is 0 Å². The molecule has 0 aromatic rings. The van der Waals surface area contributed by atoms with E-state index in [4.69, 9.17) is 5.73 Å². The van der Waals surface area contributed by atoms with Crippen LogP contribution in [-0.4, -0.2) is 36.9 Å². The quantitative estimate of drug-likeness (QED) is 0.739. The van der Waals surface area contributed by atoms with Gasteiger partial charge in [-0.25, -0.2) is 0 Å². The maximum absolute atomic E-state index is 12.3. The molecule has 0 aliphatic rings. The molecule has 1 amide bonds. The number of carbonyl (C=O) groups is 1. The van der Waals surface area contributed by atoms with Gasteiger partial charge in [-0.15, -0.1) is 0 Å². The molecule has 0 saturated heterocycles. The fourth-order valence-electron chi connectivity index (χ4n) is 1.26. The molecule has 0 bridgehead atoms. The fourth-order valence-corrected chi connectivity index (χ4v) is 1.26. The molecule has 0 aromatic carbocycles. The molecule has 0 aliphatic heterocycles. The molecule has 0 rings (SSSR count). The van der Waals surface area contributed by atoms with Gasteiger partial charge in [0, 0.05) is 13.1 Å². The fraction of sp³-hybridized carbons (Fsp3) is 0.900. The van der Waals surface area contributed by atoms with E-state index in [-0.39, 0.29) is 12.0 Å². The average Bonchev–Trinajstić information content (AvgIpc) is 2.15. The lowest BCUT2D eigenvalue weighted by molar-refractivity contribution is -0.144. The van der Waals surface area contributed by atoms with Crippen LogP contribution in [0.2, 0.25) is 0 Å². The predicted molar refractivity (Wildman–Crippen MR) is 55.7 cm³/mol. The lowest BCUT2D eigenvalue weighted by Crippen LogP contribution is -2.44. The standard InChI is InChI=1S/C10H20F2N2O/c1-4-5-14(9(15)8(11)12)7-10(2,3)6-13/h8H,4-7,13H2,1-3H3. The Morgan fingerprint density at radius 1 is 1.47 bits per heavy atom. The molecule has 5 heteroatoms. The Morgan fingerprint density at radius 3 is 2.33 bits per heavy atom. The highest BCUT2D eigenvalue weighted by Crippen LogP contribution is 2.16. The Hall–Kier alpha value is -0.710. The summed E-state index contributed by atoms with van der Waals surface area (Å²) in [5, 5.41) is 0. The normalized spacial score (nSPS) is 11.9. The Kier molecular flexibility index (Phi) is 5.72. The van der Waals surface area contributed by atoms with E-state index in [0.29, 0.717) is 19.5 Å². The third-order valence-corrected chi connectivity index (χ3v) is 2.16. The first-order valence-electron chi connectivity index (χ1n) is 5.11. The van der Waals surface area contributed by atoms with Gasteiger partial charge in [-0.1, -0.05) is 20.8 Å². The molecule has 0 heterocycles. The van der Waals surface area contributed by atoms with Crippen molar-refractivity contribution >= 4 is 5.91 Å². The summed E-state index contributed by atoms with van der Waals surface area (Å²) in [6.45, 7) is 6.56. The van der Waals surface area contributed by atoms with Crippen LogP contribution in [0.5, 0.6) is 0 Å². The minimum Gasteiger partial charge on any atom is -0.337 e. The molecule has 0 atom stereocenters. The molecule has 0 spiro atoms. The van der Waals surface area contributed by atoms with E-state index in [1.165, 1.54) is 4.90 Å². The van der Waals surface area contributed by atoms with Gasteiger partial charge >= 0.3 is 6.43 Å². The Labute approximate surface area is 89.6 Å². The Balaban J connectivity index is 4.47. The highest BCUT2D eigenvalue weighted by molar-refractivity contribution is 5.79. The van der Waals surface area contributed by atoms with E-state index >= 15 is 0 Å². The molecule has 0 saturated carbocycles. The molecular weight excluding hydrogens is 202 g/mol. The van der Waals surface area contributed by atoms with Crippen LogP contribution in [0.4, 0.5) is 8.78 Å². The first-order valence-corrected chi connectivity index (χ1v) is 5.11. The maximum atomic E-state index is 12.3. The average molecular weight is 222 g/mol. The lowest BCUT2D eigenvalue weighted by atomic mass is 9.93. The summed E-state index contributed by atoms with van der Waals surface area (Å²) in [4.78, 5) is 12.4. The van der Waals surface area contributed by atoms with Crippen molar-refractivity contribution in [2.45, 2.75) is 33.6 Å². The summed E-state index contributed by atoms with van der Waals surface area (Å²) in [6, 6.07) is 0. The summed E-state index contributed by atoms with van der Waals surface area (Å²) in [5.41, 5.74) is 5.18. The van der Waals surface area contributed by atoms with Crippen LogP contribution in [0.25, 0.3) is 0 Å². The second-order valence-corrected chi connectivity index (χ2v) is 4.43. The molecule has 0 unspecified atom stereocenters. The number of nitrogens with zero attached hydrogens (tertiary/aromatic N) is 1. The lowest BCUT2D eigenvalue weighted by Gasteiger charge is -2.31. The van der Waals surface area contributed by atoms with E-state index in [0.717, 1.165) is 0 Å². The van der Waals surface area contributed by atoms with E-state index in [1.807, 2.05) is 20.8 Å². The van der Waals surface area contributed by atoms with E-state index < -0.39 is 12.3 Å². The number of rotatable bonds is 6. The first-order chi connectivity index (χ1) is 6.84. The summed E-state index contributed by atoms with van der Waals surface area (Å²) >= 11 is 0. The highest BCUT2D eigenvalue weighted by Gasteiger charge is 2.27. The summed E-state index contributed by atoms with van der Waals surface area (Å²) in [6.07, 6.45) is -2.26. The van der Waals surface area contributed by atoms with Gasteiger partial charge in [-0.3, -0.25) is 4.79 Å². The number of alkyl halides is 2. The van der Waals surface area contributed by atoms with Crippen molar-refractivity contribution in [2.75, 3.05) is 19.6 Å². The van der Waals surface area contributed by atoms with Crippen molar-refractivity contribution < 1.29 is 13.6 Å². The second kappa shape index (κ2) is 6.00. The van der Waals surface area contributed by atoms with Crippen LogP contribution >= 0.6 is 0 Å². The van der Waals surface area contributed by atoms with Crippen LogP contribution in [0.3, 0.4) is 0 Å². The van der Waals surface area contributed by atoms with E-state index in [2.05, 4.69) is 0 Å². The molecule has 0 aliphatic carbocycles. The zero-order valence-electron chi connectivity index (χ0n) is 9.59. The third-order valence-electron chi connectivity index (χ3n) is 2.16. The van der Waals surface area contributed by atoms with Crippen LogP contribution in [0, 0.1) is 5.41 Å². The number of nitrogens with two attached hydrogens (primary N) is 1. The van der Waals surface area contributed by atoms with Crippen LogP contribution in [-0.2, 0) is 4.79 Å². The summed E-state index contributed by atoms with van der Waals surface area (Å²) in [5.74, 6) is -1.10. The van der Waals surface area contributed by atoms with Crippen molar-refractivity contribution in [1.82, 2.24) is 4.90 Å². The van der Waals surface area contributed by atoms with Crippen molar-refractivity contribution in [3.8, 4) is 0 Å². The van der Waals surface area contributed by atoms with Gasteiger partial charge in [0.25, 0.3) is 5.91 Å². The zero-order chi connectivity index (χ0) is 12.1. The van der Waals surface area contributed by atoms with Crippen molar-refractivity contribution in [3.63, 3.8) is 0 Å². The minimum atomic E-state index is -2.93. The molecule has 2 N–H and O–H groups in total. The van der Waals surface area contributed by atoms with Crippen molar-refractivity contribution in [1.29, 1.82) is 0 Å². The van der Waals surface area contributed by atoms with Gasteiger partial charge in [-0.05, 0) is 18.4 Å². The molecular formula is C10H20F2N2O. The highest BCUT2D eigenvalue weighted by atomic mass is 19.3. The number of hydrogen-bond donors (Lipinski definition) is 1. The molecule has 0 radical (unpaired) electrons.